The summed E-state index contributed by atoms with van der Waals surface area (Å²) in [5, 5.41) is 9.50. The summed E-state index contributed by atoms with van der Waals surface area (Å²) in [5.74, 6) is -0.950. The number of carboxylic acid groups (broad SMARTS) is 1. The van der Waals surface area contributed by atoms with Crippen LogP contribution in [-0.2, 0) is 27.2 Å². The van der Waals surface area contributed by atoms with Gasteiger partial charge in [0.2, 0.25) is 0 Å². The van der Waals surface area contributed by atoms with Crippen molar-refractivity contribution in [2.45, 2.75) is 58.5 Å². The van der Waals surface area contributed by atoms with Gasteiger partial charge in [0.15, 0.2) is 0 Å². The van der Waals surface area contributed by atoms with E-state index in [2.05, 4.69) is 0 Å². The number of unbranched alkanes of at least 4 members (excludes halogenated alkanes) is 2. The number of benzene rings is 1. The summed E-state index contributed by atoms with van der Waals surface area (Å²) in [4.78, 5) is 37.1. The van der Waals surface area contributed by atoms with E-state index >= 15 is 0 Å². The van der Waals surface area contributed by atoms with Gasteiger partial charge in [0.1, 0.15) is 6.04 Å². The zero-order valence-electron chi connectivity index (χ0n) is 15.9. The normalized spacial score (nSPS) is 15.8. The fourth-order valence-corrected chi connectivity index (χ4v) is 2.93. The molecule has 1 amide bonds. The third-order valence-corrected chi connectivity index (χ3v) is 4.56. The van der Waals surface area contributed by atoms with Gasteiger partial charge >= 0.3 is 18.0 Å². The SMILES string of the molecule is CCCCOC(=O)c1ccc2c(c1)CN(C(=O)O)[C@@H](C(=O)OCCCC)C2. The maximum Gasteiger partial charge on any atom is 0.408 e. The van der Waals surface area contributed by atoms with Crippen molar-refractivity contribution in [3.05, 3.63) is 34.9 Å². The van der Waals surface area contributed by atoms with Gasteiger partial charge in [0.25, 0.3) is 0 Å². The number of carbonyl (C=O) groups is 3. The van der Waals surface area contributed by atoms with Crippen molar-refractivity contribution in [2.24, 2.45) is 0 Å². The van der Waals surface area contributed by atoms with Crippen LogP contribution >= 0.6 is 0 Å². The Morgan fingerprint density at radius 3 is 2.37 bits per heavy atom. The number of fused-ring (bicyclic) bond motifs is 1. The second-order valence-electron chi connectivity index (χ2n) is 6.62. The van der Waals surface area contributed by atoms with Crippen LogP contribution < -0.4 is 0 Å². The largest absolute Gasteiger partial charge is 0.465 e. The number of rotatable bonds is 8. The highest BCUT2D eigenvalue weighted by molar-refractivity contribution is 5.90. The fraction of sp³-hybridized carbons (Fsp3) is 0.550. The minimum Gasteiger partial charge on any atom is -0.465 e. The van der Waals surface area contributed by atoms with E-state index in [0.29, 0.717) is 17.7 Å². The molecule has 0 radical (unpaired) electrons. The summed E-state index contributed by atoms with van der Waals surface area (Å²) >= 11 is 0. The molecular weight excluding hydrogens is 350 g/mol. The fourth-order valence-electron chi connectivity index (χ4n) is 2.93. The first-order chi connectivity index (χ1) is 13.0. The van der Waals surface area contributed by atoms with E-state index in [1.165, 1.54) is 0 Å². The molecule has 0 saturated heterocycles. The number of carbonyl (C=O) groups excluding carboxylic acids is 2. The van der Waals surface area contributed by atoms with Crippen LogP contribution in [0.5, 0.6) is 0 Å². The average molecular weight is 377 g/mol. The van der Waals surface area contributed by atoms with E-state index < -0.39 is 24.1 Å². The van der Waals surface area contributed by atoms with Crippen molar-refractivity contribution in [1.29, 1.82) is 0 Å². The zero-order valence-corrected chi connectivity index (χ0v) is 15.9. The molecule has 1 heterocycles. The van der Waals surface area contributed by atoms with Gasteiger partial charge in [0, 0.05) is 6.42 Å². The van der Waals surface area contributed by atoms with Crippen molar-refractivity contribution in [2.75, 3.05) is 13.2 Å². The molecule has 0 aromatic heterocycles. The maximum atomic E-state index is 12.3. The first-order valence-corrected chi connectivity index (χ1v) is 9.43. The third-order valence-electron chi connectivity index (χ3n) is 4.56. The van der Waals surface area contributed by atoms with Gasteiger partial charge in [-0.25, -0.2) is 14.4 Å². The van der Waals surface area contributed by atoms with Crippen LogP contribution in [0.3, 0.4) is 0 Å². The Hall–Kier alpha value is -2.57. The van der Waals surface area contributed by atoms with Crippen LogP contribution in [0.4, 0.5) is 4.79 Å². The Labute approximate surface area is 159 Å². The number of nitrogens with zero attached hydrogens (tertiary/aromatic N) is 1. The molecule has 1 aromatic carbocycles. The lowest BCUT2D eigenvalue weighted by atomic mass is 9.92. The van der Waals surface area contributed by atoms with Gasteiger partial charge in [-0.3, -0.25) is 4.90 Å². The van der Waals surface area contributed by atoms with Crippen molar-refractivity contribution in [3.8, 4) is 0 Å². The highest BCUT2D eigenvalue weighted by atomic mass is 16.5. The van der Waals surface area contributed by atoms with Crippen LogP contribution in [0.2, 0.25) is 0 Å². The second kappa shape index (κ2) is 9.94. The van der Waals surface area contributed by atoms with E-state index in [1.54, 1.807) is 18.2 Å². The highest BCUT2D eigenvalue weighted by Crippen LogP contribution is 2.26. The van der Waals surface area contributed by atoms with Crippen LogP contribution in [0.25, 0.3) is 0 Å². The van der Waals surface area contributed by atoms with Crippen LogP contribution in [-0.4, -0.2) is 47.3 Å². The van der Waals surface area contributed by atoms with E-state index in [-0.39, 0.29) is 19.6 Å². The summed E-state index contributed by atoms with van der Waals surface area (Å²) in [6, 6.07) is 4.20. The lowest BCUT2D eigenvalue weighted by Gasteiger charge is -2.33. The molecule has 0 fully saturated rings. The maximum absolute atomic E-state index is 12.3. The smallest absolute Gasteiger partial charge is 0.408 e. The summed E-state index contributed by atoms with van der Waals surface area (Å²) in [6.45, 7) is 4.68. The molecule has 27 heavy (non-hydrogen) atoms. The molecule has 1 aliphatic heterocycles. The molecule has 148 valence electrons. The molecule has 7 nitrogen and oxygen atoms in total. The molecule has 0 unspecified atom stereocenters. The summed E-state index contributed by atoms with van der Waals surface area (Å²) in [7, 11) is 0. The number of hydrogen-bond donors (Lipinski definition) is 1. The first-order valence-electron chi connectivity index (χ1n) is 9.43. The standard InChI is InChI=1S/C20H27NO6/c1-3-5-9-26-18(22)15-8-7-14-12-17(19(23)27-10-6-4-2)21(20(24)25)13-16(14)11-15/h7-8,11,17H,3-6,9-10,12-13H2,1-2H3,(H,24,25)/t17-/m1/s1. The van der Waals surface area contributed by atoms with Crippen LogP contribution in [0, 0.1) is 0 Å². The van der Waals surface area contributed by atoms with Crippen LogP contribution in [0.1, 0.15) is 61.0 Å². The summed E-state index contributed by atoms with van der Waals surface area (Å²) < 4.78 is 10.4. The van der Waals surface area contributed by atoms with Gasteiger partial charge in [-0.1, -0.05) is 32.8 Å². The molecular formula is C20H27NO6. The Morgan fingerprint density at radius 2 is 1.74 bits per heavy atom. The molecule has 1 aliphatic rings. The minimum absolute atomic E-state index is 0.0360. The molecule has 1 atom stereocenters. The quantitative estimate of drug-likeness (QED) is 0.551. The predicted molar refractivity (Wildman–Crippen MR) is 98.6 cm³/mol. The van der Waals surface area contributed by atoms with E-state index in [4.69, 9.17) is 9.47 Å². The third kappa shape index (κ3) is 5.45. The first kappa shape index (κ1) is 20.7. The second-order valence-corrected chi connectivity index (χ2v) is 6.62. The Kier molecular flexibility index (Phi) is 7.64. The van der Waals surface area contributed by atoms with Gasteiger partial charge in [-0.2, -0.15) is 0 Å². The molecule has 1 N–H and O–H groups in total. The van der Waals surface area contributed by atoms with E-state index in [0.717, 1.165) is 36.1 Å². The Morgan fingerprint density at radius 1 is 1.07 bits per heavy atom. The van der Waals surface area contributed by atoms with Gasteiger partial charge in [0.05, 0.1) is 25.3 Å². The predicted octanol–water partition coefficient (Wildman–Crippen LogP) is 3.39. The minimum atomic E-state index is -1.19. The van der Waals surface area contributed by atoms with Crippen molar-refractivity contribution in [3.63, 3.8) is 0 Å². The van der Waals surface area contributed by atoms with Crippen molar-refractivity contribution >= 4 is 18.0 Å². The summed E-state index contributed by atoms with van der Waals surface area (Å²) in [6.07, 6.45) is 2.41. The Bertz CT molecular complexity index is 687. The number of hydrogen-bond acceptors (Lipinski definition) is 5. The Balaban J connectivity index is 2.14. The molecule has 0 spiro atoms. The summed E-state index contributed by atoms with van der Waals surface area (Å²) in [5.41, 5.74) is 1.94. The van der Waals surface area contributed by atoms with Crippen molar-refractivity contribution in [1.82, 2.24) is 4.90 Å². The molecule has 1 aromatic rings. The average Bonchev–Trinajstić information content (AvgIpc) is 2.66. The molecule has 0 bridgehead atoms. The van der Waals surface area contributed by atoms with E-state index in [9.17, 15) is 19.5 Å². The van der Waals surface area contributed by atoms with Crippen molar-refractivity contribution < 1.29 is 29.0 Å². The van der Waals surface area contributed by atoms with E-state index in [1.807, 2.05) is 13.8 Å². The molecule has 0 saturated carbocycles. The number of amides is 1. The zero-order chi connectivity index (χ0) is 19.8. The number of ether oxygens (including phenoxy) is 2. The lowest BCUT2D eigenvalue weighted by Crippen LogP contribution is -2.48. The molecule has 7 heteroatoms. The van der Waals surface area contributed by atoms with Gasteiger partial charge in [-0.15, -0.1) is 0 Å². The van der Waals surface area contributed by atoms with Gasteiger partial charge in [-0.05, 0) is 36.1 Å². The van der Waals surface area contributed by atoms with Gasteiger partial charge < -0.3 is 14.6 Å². The highest BCUT2D eigenvalue weighted by Gasteiger charge is 2.36. The molecule has 0 aliphatic carbocycles. The monoisotopic (exact) mass is 377 g/mol. The molecule has 2 rings (SSSR count). The van der Waals surface area contributed by atoms with Crippen LogP contribution in [0.15, 0.2) is 18.2 Å². The topological polar surface area (TPSA) is 93.1 Å². The number of esters is 2. The lowest BCUT2D eigenvalue weighted by molar-refractivity contribution is -0.150.